The van der Waals surface area contributed by atoms with Crippen LogP contribution in [0.15, 0.2) is 22.7 Å². The highest BCUT2D eigenvalue weighted by Crippen LogP contribution is 2.18. The minimum absolute atomic E-state index is 0.00624. The van der Waals surface area contributed by atoms with Gasteiger partial charge in [-0.05, 0) is 65.4 Å². The number of carbonyl (C=O) groups is 1. The largest absolute Gasteiger partial charge is 0.352 e. The van der Waals surface area contributed by atoms with E-state index in [1.54, 1.807) is 0 Å². The van der Waals surface area contributed by atoms with Crippen LogP contribution in [0.2, 0.25) is 0 Å². The van der Waals surface area contributed by atoms with Crippen LogP contribution in [0.3, 0.4) is 0 Å². The number of unbranched alkanes of at least 4 members (excludes halogenated alkanes) is 2. The van der Waals surface area contributed by atoms with Gasteiger partial charge in [-0.25, -0.2) is 0 Å². The lowest BCUT2D eigenvalue weighted by molar-refractivity contribution is 0.0952. The van der Waals surface area contributed by atoms with E-state index >= 15 is 0 Å². The first kappa shape index (κ1) is 15.6. The maximum atomic E-state index is 11.9. The third-order valence-electron chi connectivity index (χ3n) is 2.68. The van der Waals surface area contributed by atoms with Gasteiger partial charge in [-0.15, -0.1) is 0 Å². The Kier molecular flexibility index (Phi) is 7.44. The molecule has 0 atom stereocenters. The lowest BCUT2D eigenvalue weighted by atomic mass is 10.1. The van der Waals surface area contributed by atoms with Crippen molar-refractivity contribution in [3.05, 3.63) is 33.8 Å². The highest BCUT2D eigenvalue weighted by Gasteiger charge is 2.08. The maximum Gasteiger partial charge on any atom is 0.252 e. The Morgan fingerprint density at radius 3 is 2.78 bits per heavy atom. The molecule has 1 N–H and O–H groups in total. The van der Waals surface area contributed by atoms with Gasteiger partial charge in [0.15, 0.2) is 0 Å². The Bertz CT molecular complexity index is 395. The zero-order chi connectivity index (χ0) is 13.4. The molecule has 2 nitrogen and oxygen atoms in total. The van der Waals surface area contributed by atoms with Gasteiger partial charge >= 0.3 is 0 Å². The number of carbonyl (C=O) groups excluding carboxylic acids is 1. The molecule has 0 spiro atoms. The second kappa shape index (κ2) is 8.59. The van der Waals surface area contributed by atoms with Crippen LogP contribution in [0.5, 0.6) is 0 Å². The zero-order valence-corrected chi connectivity index (χ0v) is 13.4. The third-order valence-corrected chi connectivity index (χ3v) is 4.03. The predicted octanol–water partition coefficient (Wildman–Crippen LogP) is 4.02. The Labute approximate surface area is 122 Å². The number of nitrogens with one attached hydrogen (secondary N) is 1. The molecule has 0 unspecified atom stereocenters. The fraction of sp³-hybridized carbons (Fsp3) is 0.500. The molecule has 0 fully saturated rings. The van der Waals surface area contributed by atoms with Crippen LogP contribution in [-0.4, -0.2) is 24.5 Å². The molecule has 1 amide bonds. The fourth-order valence-corrected chi connectivity index (χ4v) is 2.82. The normalized spacial score (nSPS) is 10.4. The standard InChI is InChI=1S/C14H20BrNOS/c1-11-6-7-12(13(15)10-11)14(17)16-8-4-3-5-9-18-2/h6-7,10H,3-5,8-9H2,1-2H3,(H,16,17). The van der Waals surface area contributed by atoms with E-state index in [4.69, 9.17) is 0 Å². The van der Waals surface area contributed by atoms with E-state index in [1.165, 1.54) is 18.6 Å². The molecular formula is C14H20BrNOS. The Morgan fingerprint density at radius 2 is 2.11 bits per heavy atom. The Balaban J connectivity index is 2.32. The first-order valence-electron chi connectivity index (χ1n) is 6.18. The molecular weight excluding hydrogens is 310 g/mol. The number of halogens is 1. The van der Waals surface area contributed by atoms with E-state index in [9.17, 15) is 4.79 Å². The maximum absolute atomic E-state index is 11.9. The summed E-state index contributed by atoms with van der Waals surface area (Å²) >= 11 is 5.30. The fourth-order valence-electron chi connectivity index (χ4n) is 1.65. The van der Waals surface area contributed by atoms with Crippen LogP contribution in [-0.2, 0) is 0 Å². The summed E-state index contributed by atoms with van der Waals surface area (Å²) in [4.78, 5) is 11.9. The molecule has 0 heterocycles. The van der Waals surface area contributed by atoms with Crippen molar-refractivity contribution in [2.45, 2.75) is 26.2 Å². The number of hydrogen-bond acceptors (Lipinski definition) is 2. The van der Waals surface area contributed by atoms with Gasteiger partial charge in [-0.3, -0.25) is 4.79 Å². The second-order valence-electron chi connectivity index (χ2n) is 4.29. The molecule has 1 aromatic carbocycles. The number of hydrogen-bond donors (Lipinski definition) is 1. The molecule has 0 bridgehead atoms. The molecule has 18 heavy (non-hydrogen) atoms. The first-order valence-corrected chi connectivity index (χ1v) is 8.37. The molecule has 0 saturated heterocycles. The number of aryl methyl sites for hydroxylation is 1. The van der Waals surface area contributed by atoms with Crippen LogP contribution in [0.4, 0.5) is 0 Å². The summed E-state index contributed by atoms with van der Waals surface area (Å²) < 4.78 is 0.863. The van der Waals surface area contributed by atoms with Crippen molar-refractivity contribution in [1.29, 1.82) is 0 Å². The predicted molar refractivity (Wildman–Crippen MR) is 83.4 cm³/mol. The van der Waals surface area contributed by atoms with Crippen LogP contribution < -0.4 is 5.32 Å². The summed E-state index contributed by atoms with van der Waals surface area (Å²) in [5, 5.41) is 2.96. The summed E-state index contributed by atoms with van der Waals surface area (Å²) in [7, 11) is 0. The van der Waals surface area contributed by atoms with Crippen LogP contribution in [0.1, 0.15) is 35.2 Å². The summed E-state index contributed by atoms with van der Waals surface area (Å²) in [6, 6.07) is 5.79. The SMILES string of the molecule is CSCCCCCNC(=O)c1ccc(C)cc1Br. The summed E-state index contributed by atoms with van der Waals surface area (Å²) in [5.74, 6) is 1.21. The van der Waals surface area contributed by atoms with Crippen molar-refractivity contribution in [3.63, 3.8) is 0 Å². The van der Waals surface area contributed by atoms with Gasteiger partial charge in [-0.2, -0.15) is 11.8 Å². The van der Waals surface area contributed by atoms with E-state index in [2.05, 4.69) is 27.5 Å². The monoisotopic (exact) mass is 329 g/mol. The molecule has 0 radical (unpaired) electrons. The van der Waals surface area contributed by atoms with Gasteiger partial charge in [0.25, 0.3) is 5.91 Å². The van der Waals surface area contributed by atoms with E-state index < -0.39 is 0 Å². The molecule has 0 aromatic heterocycles. The minimum atomic E-state index is 0.00624. The first-order chi connectivity index (χ1) is 8.65. The number of rotatable bonds is 7. The van der Waals surface area contributed by atoms with Crippen molar-refractivity contribution >= 4 is 33.6 Å². The molecule has 0 aliphatic rings. The van der Waals surface area contributed by atoms with Gasteiger partial charge in [0.05, 0.1) is 5.56 Å². The number of thioether (sulfide) groups is 1. The van der Waals surface area contributed by atoms with Crippen molar-refractivity contribution in [1.82, 2.24) is 5.32 Å². The van der Waals surface area contributed by atoms with Gasteiger partial charge in [0.2, 0.25) is 0 Å². The summed E-state index contributed by atoms with van der Waals surface area (Å²) in [5.41, 5.74) is 1.86. The molecule has 0 saturated carbocycles. The third kappa shape index (κ3) is 5.44. The van der Waals surface area contributed by atoms with E-state index in [1.807, 2.05) is 36.9 Å². The molecule has 100 valence electrons. The molecule has 0 aliphatic heterocycles. The van der Waals surface area contributed by atoms with E-state index in [0.29, 0.717) is 5.56 Å². The zero-order valence-electron chi connectivity index (χ0n) is 11.0. The van der Waals surface area contributed by atoms with E-state index in [0.717, 1.165) is 23.0 Å². The van der Waals surface area contributed by atoms with Gasteiger partial charge in [0.1, 0.15) is 0 Å². The van der Waals surface area contributed by atoms with Gasteiger partial charge < -0.3 is 5.32 Å². The second-order valence-corrected chi connectivity index (χ2v) is 6.13. The van der Waals surface area contributed by atoms with Crippen molar-refractivity contribution in [2.24, 2.45) is 0 Å². The number of benzene rings is 1. The van der Waals surface area contributed by atoms with Gasteiger partial charge in [0, 0.05) is 11.0 Å². The summed E-state index contributed by atoms with van der Waals surface area (Å²) in [6.45, 7) is 2.77. The van der Waals surface area contributed by atoms with Crippen molar-refractivity contribution in [3.8, 4) is 0 Å². The molecule has 0 aliphatic carbocycles. The molecule has 1 aromatic rings. The van der Waals surface area contributed by atoms with E-state index in [-0.39, 0.29) is 5.91 Å². The average molecular weight is 330 g/mol. The lowest BCUT2D eigenvalue weighted by Gasteiger charge is -2.07. The topological polar surface area (TPSA) is 29.1 Å². The smallest absolute Gasteiger partial charge is 0.252 e. The summed E-state index contributed by atoms with van der Waals surface area (Å²) in [6.07, 6.45) is 5.58. The number of amides is 1. The van der Waals surface area contributed by atoms with Crippen LogP contribution in [0, 0.1) is 6.92 Å². The van der Waals surface area contributed by atoms with Gasteiger partial charge in [-0.1, -0.05) is 12.5 Å². The minimum Gasteiger partial charge on any atom is -0.352 e. The highest BCUT2D eigenvalue weighted by atomic mass is 79.9. The average Bonchev–Trinajstić information content (AvgIpc) is 2.33. The van der Waals surface area contributed by atoms with Crippen LogP contribution >= 0.6 is 27.7 Å². The highest BCUT2D eigenvalue weighted by molar-refractivity contribution is 9.10. The van der Waals surface area contributed by atoms with Crippen molar-refractivity contribution in [2.75, 3.05) is 18.6 Å². The lowest BCUT2D eigenvalue weighted by Crippen LogP contribution is -2.24. The van der Waals surface area contributed by atoms with Crippen molar-refractivity contribution < 1.29 is 4.79 Å². The molecule has 1 rings (SSSR count). The van der Waals surface area contributed by atoms with Crippen LogP contribution in [0.25, 0.3) is 0 Å². The Morgan fingerprint density at radius 1 is 1.33 bits per heavy atom. The Hall–Kier alpha value is -0.480. The quantitative estimate of drug-likeness (QED) is 0.765. The molecule has 4 heteroatoms.